The molecule has 4 rings (SSSR count). The summed E-state index contributed by atoms with van der Waals surface area (Å²) in [6.07, 6.45) is 14.0. The van der Waals surface area contributed by atoms with Crippen LogP contribution in [0.15, 0.2) is 82.3 Å². The Balaban J connectivity index is 1.63. The van der Waals surface area contributed by atoms with Gasteiger partial charge in [0, 0.05) is 60.4 Å². The SMILES string of the molecule is CC1(C)C(/C=C/C=C/C=C2/N(CCCCS(=O)(=O)O)c3ccc(S(=O)(=O)O)cc3C2(C)CCCCS(=O)(=O)O)=[N+](CCCCCC(=O)NCCCC[C@H](N)C(N)=O)c2ccc(S(=O)(=O)[O-])cc21. The van der Waals surface area contributed by atoms with Crippen LogP contribution in [-0.2, 0) is 60.9 Å². The minimum atomic E-state index is -4.76. The fraction of sp³-hybridized carbons (Fsp3) is 0.523. The first-order chi connectivity index (χ1) is 31.1. The average Bonchev–Trinajstić information content (AvgIpc) is 3.57. The smallest absolute Gasteiger partial charge is 0.294 e. The van der Waals surface area contributed by atoms with Crippen LogP contribution in [-0.4, -0.2) is 111 Å². The molecule has 0 bridgehead atoms. The van der Waals surface area contributed by atoms with Gasteiger partial charge in [0.25, 0.3) is 30.4 Å². The average molecular weight is 1010 g/mol. The van der Waals surface area contributed by atoms with Gasteiger partial charge in [-0.2, -0.15) is 29.8 Å². The number of fused-ring (bicyclic) bond motifs is 2. The number of unbranched alkanes of at least 4 members (excludes halogenated alkanes) is 5. The third-order valence-electron chi connectivity index (χ3n) is 12.2. The van der Waals surface area contributed by atoms with Crippen molar-refractivity contribution in [2.24, 2.45) is 11.5 Å². The Morgan fingerprint density at radius 3 is 2.06 bits per heavy atom. The predicted molar refractivity (Wildman–Crippen MR) is 253 cm³/mol. The van der Waals surface area contributed by atoms with Crippen molar-refractivity contribution in [2.75, 3.05) is 36.0 Å². The highest BCUT2D eigenvalue weighted by molar-refractivity contribution is 7.86. The van der Waals surface area contributed by atoms with E-state index < -0.39 is 74.8 Å². The Labute approximate surface area is 394 Å². The topological polar surface area (TPSA) is 325 Å². The van der Waals surface area contributed by atoms with Crippen LogP contribution in [0.1, 0.15) is 109 Å². The number of carbonyl (C=O) groups is 2. The Kier molecular flexibility index (Phi) is 18.8. The van der Waals surface area contributed by atoms with Gasteiger partial charge in [-0.3, -0.25) is 23.2 Å². The second-order valence-corrected chi connectivity index (χ2v) is 23.6. The molecule has 2 heterocycles. The molecule has 1 unspecified atom stereocenters. The summed E-state index contributed by atoms with van der Waals surface area (Å²) in [6, 6.07) is 7.69. The number of rotatable bonds is 27. The number of anilines is 1. The monoisotopic (exact) mass is 1010 g/mol. The summed E-state index contributed by atoms with van der Waals surface area (Å²) in [5, 5.41) is 2.87. The Morgan fingerprint density at radius 2 is 1.43 bits per heavy atom. The molecular weight excluding hydrogens is 951 g/mol. The molecule has 8 N–H and O–H groups in total. The number of hydrogen-bond donors (Lipinski definition) is 6. The normalized spacial score (nSPS) is 18.6. The highest BCUT2D eigenvalue weighted by Gasteiger charge is 2.45. The van der Waals surface area contributed by atoms with Crippen LogP contribution in [0.25, 0.3) is 0 Å². The quantitative estimate of drug-likeness (QED) is 0.0313. The summed E-state index contributed by atoms with van der Waals surface area (Å²) in [5.41, 5.74) is 13.0. The minimum absolute atomic E-state index is 0.0882. The lowest BCUT2D eigenvalue weighted by atomic mass is 9.77. The van der Waals surface area contributed by atoms with E-state index >= 15 is 0 Å². The molecule has 19 nitrogen and oxygen atoms in total. The Bertz CT molecular complexity index is 2730. The molecule has 372 valence electrons. The second-order valence-electron chi connectivity index (χ2n) is 17.6. The Hall–Kier alpha value is -4.33. The van der Waals surface area contributed by atoms with Gasteiger partial charge in [0.05, 0.1) is 32.8 Å². The first-order valence-corrected chi connectivity index (χ1v) is 28.1. The minimum Gasteiger partial charge on any atom is -0.744 e. The third kappa shape index (κ3) is 15.6. The van der Waals surface area contributed by atoms with E-state index in [1.807, 2.05) is 31.7 Å². The third-order valence-corrected chi connectivity index (χ3v) is 15.5. The van der Waals surface area contributed by atoms with Crippen molar-refractivity contribution in [3.63, 3.8) is 0 Å². The molecule has 2 aromatic carbocycles. The van der Waals surface area contributed by atoms with Crippen molar-refractivity contribution < 1.29 is 66.0 Å². The van der Waals surface area contributed by atoms with Crippen LogP contribution in [0.2, 0.25) is 0 Å². The van der Waals surface area contributed by atoms with Crippen LogP contribution in [0, 0.1) is 0 Å². The number of nitrogens with one attached hydrogen (secondary N) is 1. The van der Waals surface area contributed by atoms with Gasteiger partial charge in [-0.1, -0.05) is 24.6 Å². The summed E-state index contributed by atoms with van der Waals surface area (Å²) >= 11 is 0. The van der Waals surface area contributed by atoms with Gasteiger partial charge in [0.1, 0.15) is 16.7 Å². The maximum absolute atomic E-state index is 12.5. The first-order valence-electron chi connectivity index (χ1n) is 22.0. The number of allylic oxidation sites excluding steroid dienone is 6. The maximum Gasteiger partial charge on any atom is 0.294 e. The van der Waals surface area contributed by atoms with Gasteiger partial charge in [0.2, 0.25) is 17.5 Å². The fourth-order valence-electron chi connectivity index (χ4n) is 8.60. The van der Waals surface area contributed by atoms with Gasteiger partial charge in [-0.05, 0) is 121 Å². The van der Waals surface area contributed by atoms with E-state index in [1.165, 1.54) is 30.3 Å². The van der Waals surface area contributed by atoms with E-state index in [1.54, 1.807) is 30.4 Å². The van der Waals surface area contributed by atoms with E-state index in [0.29, 0.717) is 87.0 Å². The zero-order chi connectivity index (χ0) is 50.0. The van der Waals surface area contributed by atoms with Gasteiger partial charge in [-0.15, -0.1) is 0 Å². The molecule has 0 aromatic heterocycles. The number of amides is 2. The number of primary amides is 1. The molecular formula is C44H63N5O14S4. The van der Waals surface area contributed by atoms with Crippen molar-refractivity contribution in [1.82, 2.24) is 5.32 Å². The number of nitrogens with zero attached hydrogens (tertiary/aromatic N) is 2. The Morgan fingerprint density at radius 1 is 0.791 bits per heavy atom. The zero-order valence-electron chi connectivity index (χ0n) is 38.0. The zero-order valence-corrected chi connectivity index (χ0v) is 41.2. The maximum atomic E-state index is 12.5. The molecule has 0 aliphatic carbocycles. The van der Waals surface area contributed by atoms with Crippen LogP contribution in [0.3, 0.4) is 0 Å². The fourth-order valence-corrected chi connectivity index (χ4v) is 10.7. The van der Waals surface area contributed by atoms with Crippen LogP contribution < -0.4 is 21.7 Å². The standard InChI is InChI=1S/C44H63N5O14S4/c1-43(2)34-30-32(66(58,59)60)20-22-37(34)48(26-12-5-8-19-41(50)47-25-11-9-16-36(45)42(46)51)39(43)17-6-4-7-18-40-44(3,24-10-14-28-64(52,53)54)35-31-33(67(61,62)63)21-23-38(35)49(40)27-13-15-29-65(55,56)57/h4,6-7,17-18,20-23,30-31,36H,5,8-16,19,24-29,45H2,1-3H3,(H6-,46,47,50,51,52,53,54,55,56,57,58,59,60,61,62,63)/t36-,44?/m0/s1. The summed E-state index contributed by atoms with van der Waals surface area (Å²) in [6.45, 7) is 6.85. The van der Waals surface area contributed by atoms with Crippen LogP contribution in [0.5, 0.6) is 0 Å². The lowest BCUT2D eigenvalue weighted by molar-refractivity contribution is -0.438. The molecule has 2 atom stereocenters. The summed E-state index contributed by atoms with van der Waals surface area (Å²) in [7, 11) is -17.9. The molecule has 2 aromatic rings. The summed E-state index contributed by atoms with van der Waals surface area (Å²) < 4.78 is 138. The van der Waals surface area contributed by atoms with Gasteiger partial charge in [-0.25, -0.2) is 8.42 Å². The molecule has 2 aliphatic rings. The molecule has 0 saturated heterocycles. The van der Waals surface area contributed by atoms with E-state index in [4.69, 9.17) is 11.5 Å². The first kappa shape index (κ1) is 55.3. The lowest BCUT2D eigenvalue weighted by Crippen LogP contribution is -2.36. The van der Waals surface area contributed by atoms with Crippen LogP contribution >= 0.6 is 0 Å². The van der Waals surface area contributed by atoms with E-state index in [2.05, 4.69) is 9.89 Å². The van der Waals surface area contributed by atoms with Crippen molar-refractivity contribution in [3.8, 4) is 0 Å². The highest BCUT2D eigenvalue weighted by Crippen LogP contribution is 2.51. The lowest BCUT2D eigenvalue weighted by Gasteiger charge is -2.30. The van der Waals surface area contributed by atoms with Crippen molar-refractivity contribution in [1.29, 1.82) is 0 Å². The number of nitrogens with two attached hydrogens (primary N) is 2. The second kappa shape index (κ2) is 22.9. The molecule has 2 amide bonds. The summed E-state index contributed by atoms with van der Waals surface area (Å²) in [5.74, 6) is -1.64. The van der Waals surface area contributed by atoms with E-state index in [-0.39, 0.29) is 47.9 Å². The van der Waals surface area contributed by atoms with Crippen LogP contribution in [0.4, 0.5) is 11.4 Å². The highest BCUT2D eigenvalue weighted by atomic mass is 32.2. The molecule has 0 fully saturated rings. The van der Waals surface area contributed by atoms with E-state index in [9.17, 15) is 61.5 Å². The van der Waals surface area contributed by atoms with Crippen molar-refractivity contribution >= 4 is 69.4 Å². The molecule has 2 aliphatic heterocycles. The van der Waals surface area contributed by atoms with Gasteiger partial charge in [0.15, 0.2) is 5.71 Å². The van der Waals surface area contributed by atoms with Crippen molar-refractivity contribution in [3.05, 3.63) is 83.6 Å². The molecule has 0 saturated carbocycles. The number of carbonyl (C=O) groups excluding carboxylic acids is 2. The predicted octanol–water partition coefficient (Wildman–Crippen LogP) is 4.37. The molecule has 0 spiro atoms. The molecule has 67 heavy (non-hydrogen) atoms. The van der Waals surface area contributed by atoms with Gasteiger partial charge < -0.3 is 26.2 Å². The number of benzene rings is 2. The van der Waals surface area contributed by atoms with Crippen molar-refractivity contribution in [2.45, 2.75) is 124 Å². The largest absolute Gasteiger partial charge is 0.744 e. The van der Waals surface area contributed by atoms with Gasteiger partial charge >= 0.3 is 0 Å². The number of hydrogen-bond acceptors (Lipinski definition) is 13. The molecule has 0 radical (unpaired) electrons. The summed E-state index contributed by atoms with van der Waals surface area (Å²) in [4.78, 5) is 24.8. The molecule has 23 heteroatoms. The van der Waals surface area contributed by atoms with E-state index in [0.717, 1.165) is 11.4 Å².